The summed E-state index contributed by atoms with van der Waals surface area (Å²) in [6, 6.07) is 20.3. The minimum absolute atomic E-state index is 0.0595. The van der Waals surface area contributed by atoms with Crippen molar-refractivity contribution in [2.75, 3.05) is 36.9 Å². The van der Waals surface area contributed by atoms with Crippen LogP contribution in [0.25, 0.3) is 0 Å². The van der Waals surface area contributed by atoms with Gasteiger partial charge in [0.25, 0.3) is 5.91 Å². The fraction of sp³-hybridized carbons (Fsp3) is 0.310. The van der Waals surface area contributed by atoms with Crippen LogP contribution in [0.2, 0.25) is 5.02 Å². The number of carbonyl (C=O) groups is 2. The zero-order valence-corrected chi connectivity index (χ0v) is 21.1. The van der Waals surface area contributed by atoms with Gasteiger partial charge in [0.2, 0.25) is 5.91 Å². The van der Waals surface area contributed by atoms with Crippen molar-refractivity contribution in [3.05, 3.63) is 82.9 Å². The quantitative estimate of drug-likeness (QED) is 0.386. The molecular formula is C29H28ClN3O4. The second kappa shape index (κ2) is 9.30. The van der Waals surface area contributed by atoms with Gasteiger partial charge in [-0.15, -0.1) is 0 Å². The number of β-lactam (4-membered cyclic amide) rings is 1. The zero-order valence-electron chi connectivity index (χ0n) is 20.4. The largest absolute Gasteiger partial charge is 0.490 e. The van der Waals surface area contributed by atoms with Crippen molar-refractivity contribution >= 4 is 34.8 Å². The summed E-state index contributed by atoms with van der Waals surface area (Å²) in [6.45, 7) is 2.16. The number of halogens is 1. The Labute approximate surface area is 220 Å². The summed E-state index contributed by atoms with van der Waals surface area (Å²) in [6.07, 6.45) is 1.98. The van der Waals surface area contributed by atoms with Crippen molar-refractivity contribution in [3.8, 4) is 11.5 Å². The van der Waals surface area contributed by atoms with Crippen LogP contribution < -0.4 is 20.1 Å². The molecule has 0 saturated carbocycles. The van der Waals surface area contributed by atoms with Gasteiger partial charge in [-0.3, -0.25) is 9.59 Å². The van der Waals surface area contributed by atoms with Crippen molar-refractivity contribution < 1.29 is 19.1 Å². The summed E-state index contributed by atoms with van der Waals surface area (Å²) in [5.41, 5.74) is 8.38. The Bertz CT molecular complexity index is 1330. The molecule has 6 rings (SSSR count). The van der Waals surface area contributed by atoms with Gasteiger partial charge in [-0.05, 0) is 73.0 Å². The second-order valence-corrected chi connectivity index (χ2v) is 10.3. The number of ether oxygens (including phenoxy) is 2. The number of nitrogens with two attached hydrogens (primary N) is 1. The molecule has 1 spiro atoms. The normalized spacial score (nSPS) is 20.4. The molecule has 3 aromatic rings. The van der Waals surface area contributed by atoms with E-state index in [1.807, 2.05) is 58.3 Å². The third kappa shape index (κ3) is 4.07. The first-order chi connectivity index (χ1) is 18.0. The molecule has 190 valence electrons. The number of nitrogens with zero attached hydrogens (tertiary/aromatic N) is 2. The monoisotopic (exact) mass is 517 g/mol. The highest BCUT2D eigenvalue weighted by Gasteiger charge is 2.62. The Morgan fingerprint density at radius 3 is 2.30 bits per heavy atom. The number of amides is 2. The molecule has 0 aromatic heterocycles. The molecule has 1 unspecified atom stereocenters. The van der Waals surface area contributed by atoms with E-state index in [9.17, 15) is 9.59 Å². The van der Waals surface area contributed by atoms with Gasteiger partial charge in [0.1, 0.15) is 0 Å². The minimum atomic E-state index is -0.573. The summed E-state index contributed by atoms with van der Waals surface area (Å²) >= 11 is 6.16. The molecule has 2 fully saturated rings. The molecule has 3 heterocycles. The molecule has 0 radical (unpaired) electrons. The second-order valence-electron chi connectivity index (χ2n) is 9.88. The number of anilines is 2. The van der Waals surface area contributed by atoms with Gasteiger partial charge in [0.05, 0.1) is 24.7 Å². The first-order valence-electron chi connectivity index (χ1n) is 12.6. The Morgan fingerprint density at radius 2 is 1.59 bits per heavy atom. The van der Waals surface area contributed by atoms with E-state index >= 15 is 0 Å². The van der Waals surface area contributed by atoms with Crippen LogP contribution in [0.15, 0.2) is 66.7 Å². The van der Waals surface area contributed by atoms with E-state index in [1.54, 1.807) is 18.2 Å². The highest BCUT2D eigenvalue weighted by atomic mass is 35.5. The lowest BCUT2D eigenvalue weighted by Crippen LogP contribution is -2.67. The predicted molar refractivity (Wildman–Crippen MR) is 142 cm³/mol. The molecule has 7 nitrogen and oxygen atoms in total. The lowest BCUT2D eigenvalue weighted by atomic mass is 9.62. The van der Waals surface area contributed by atoms with Crippen LogP contribution in [0.4, 0.5) is 11.4 Å². The first kappa shape index (κ1) is 23.7. The maximum Gasteiger partial charge on any atom is 0.253 e. The maximum atomic E-state index is 13.7. The van der Waals surface area contributed by atoms with Crippen LogP contribution in [0.1, 0.15) is 41.2 Å². The molecule has 8 heteroatoms. The van der Waals surface area contributed by atoms with Crippen LogP contribution in [0.3, 0.4) is 0 Å². The van der Waals surface area contributed by atoms with E-state index in [1.165, 1.54) is 0 Å². The van der Waals surface area contributed by atoms with Gasteiger partial charge in [-0.2, -0.15) is 0 Å². The number of rotatable bonds is 3. The fourth-order valence-corrected chi connectivity index (χ4v) is 5.87. The highest BCUT2D eigenvalue weighted by molar-refractivity contribution is 6.30. The highest BCUT2D eigenvalue weighted by Crippen LogP contribution is 2.57. The van der Waals surface area contributed by atoms with Gasteiger partial charge in [-0.1, -0.05) is 23.7 Å². The minimum Gasteiger partial charge on any atom is -0.490 e. The van der Waals surface area contributed by atoms with Crippen molar-refractivity contribution in [2.45, 2.75) is 25.3 Å². The molecule has 3 aromatic carbocycles. The van der Waals surface area contributed by atoms with Gasteiger partial charge in [0.15, 0.2) is 11.5 Å². The van der Waals surface area contributed by atoms with Crippen LogP contribution >= 0.6 is 11.6 Å². The Morgan fingerprint density at radius 1 is 0.919 bits per heavy atom. The summed E-state index contributed by atoms with van der Waals surface area (Å²) in [5, 5.41) is 0.651. The fourth-order valence-electron chi connectivity index (χ4n) is 5.74. The third-order valence-corrected chi connectivity index (χ3v) is 7.97. The van der Waals surface area contributed by atoms with Crippen LogP contribution in [0, 0.1) is 5.41 Å². The number of carbonyl (C=O) groups excluding carboxylic acids is 2. The van der Waals surface area contributed by atoms with Gasteiger partial charge in [0, 0.05) is 41.5 Å². The summed E-state index contributed by atoms with van der Waals surface area (Å²) in [4.78, 5) is 30.8. The molecule has 2 amide bonds. The van der Waals surface area contributed by atoms with Crippen LogP contribution in [-0.2, 0) is 4.79 Å². The summed E-state index contributed by atoms with van der Waals surface area (Å²) in [5.74, 6) is 1.30. The average Bonchev–Trinajstić information content (AvgIpc) is 3.17. The number of benzene rings is 3. The van der Waals surface area contributed by atoms with E-state index in [0.29, 0.717) is 66.9 Å². The average molecular weight is 518 g/mol. The van der Waals surface area contributed by atoms with E-state index in [2.05, 4.69) is 0 Å². The molecule has 0 aliphatic carbocycles. The number of piperidine rings is 1. The molecular weight excluding hydrogens is 490 g/mol. The van der Waals surface area contributed by atoms with Gasteiger partial charge in [-0.25, -0.2) is 0 Å². The topological polar surface area (TPSA) is 85.1 Å². The van der Waals surface area contributed by atoms with Gasteiger partial charge < -0.3 is 25.0 Å². The van der Waals surface area contributed by atoms with E-state index in [-0.39, 0.29) is 17.9 Å². The predicted octanol–water partition coefficient (Wildman–Crippen LogP) is 5.09. The van der Waals surface area contributed by atoms with Crippen LogP contribution in [-0.4, -0.2) is 43.0 Å². The number of hydrogen-bond donors (Lipinski definition) is 1. The Kier molecular flexibility index (Phi) is 5.95. The third-order valence-electron chi connectivity index (χ3n) is 7.72. The van der Waals surface area contributed by atoms with Crippen molar-refractivity contribution in [1.29, 1.82) is 0 Å². The molecule has 3 aliphatic heterocycles. The molecule has 0 bridgehead atoms. The van der Waals surface area contributed by atoms with Gasteiger partial charge >= 0.3 is 0 Å². The first-order valence-corrected chi connectivity index (χ1v) is 13.0. The van der Waals surface area contributed by atoms with E-state index < -0.39 is 5.41 Å². The Hall–Kier alpha value is -3.71. The lowest BCUT2D eigenvalue weighted by molar-refractivity contribution is -0.144. The lowest BCUT2D eigenvalue weighted by Gasteiger charge is -2.59. The molecule has 3 aliphatic rings. The van der Waals surface area contributed by atoms with Crippen molar-refractivity contribution in [1.82, 2.24) is 4.90 Å². The SMILES string of the molecule is Nc1ccc(N2C(=O)C3(CCN(C(=O)c4ccc5c(c4)OCCCO5)CC3)C2c2ccc(Cl)cc2)cc1. The Balaban J connectivity index is 1.24. The van der Waals surface area contributed by atoms with E-state index in [4.69, 9.17) is 26.8 Å². The molecule has 2 saturated heterocycles. The van der Waals surface area contributed by atoms with E-state index in [0.717, 1.165) is 17.7 Å². The molecule has 1 atom stereocenters. The van der Waals surface area contributed by atoms with Crippen LogP contribution in [0.5, 0.6) is 11.5 Å². The van der Waals surface area contributed by atoms with Crippen molar-refractivity contribution in [3.63, 3.8) is 0 Å². The number of likely N-dealkylation sites (tertiary alicyclic amines) is 1. The maximum absolute atomic E-state index is 13.7. The smallest absolute Gasteiger partial charge is 0.253 e. The van der Waals surface area contributed by atoms with Crippen molar-refractivity contribution in [2.24, 2.45) is 5.41 Å². The zero-order chi connectivity index (χ0) is 25.6. The summed E-state index contributed by atoms with van der Waals surface area (Å²) in [7, 11) is 0. The number of fused-ring (bicyclic) bond motifs is 1. The number of nitrogen functional groups attached to an aromatic ring is 1. The molecule has 2 N–H and O–H groups in total. The summed E-state index contributed by atoms with van der Waals surface area (Å²) < 4.78 is 11.5. The standard InChI is InChI=1S/C29H28ClN3O4/c30-21-5-2-19(3-6-21)26-29(28(35)33(26)23-9-7-22(31)8-10-23)12-14-32(15-13-29)27(34)20-4-11-24-25(18-20)37-17-1-16-36-24/h2-11,18,26H,1,12-17,31H2. The molecule has 37 heavy (non-hydrogen) atoms. The number of hydrogen-bond acceptors (Lipinski definition) is 5.